The number of carboxylic acid groups (broad SMARTS) is 1. The van der Waals surface area contributed by atoms with Crippen LogP contribution in [0.2, 0.25) is 0 Å². The number of rotatable bonds is 5. The summed E-state index contributed by atoms with van der Waals surface area (Å²) in [6.07, 6.45) is 1.01. The first kappa shape index (κ1) is 15.0. The van der Waals surface area contributed by atoms with E-state index in [9.17, 15) is 13.2 Å². The number of carboxylic acids is 1. The molecule has 5 nitrogen and oxygen atoms in total. The fourth-order valence-corrected chi connectivity index (χ4v) is 4.24. The predicted molar refractivity (Wildman–Crippen MR) is 76.3 cm³/mol. The molecule has 2 rings (SSSR count). The lowest BCUT2D eigenvalue weighted by Gasteiger charge is -2.12. The smallest absolute Gasteiger partial charge is 0.310 e. The van der Waals surface area contributed by atoms with Gasteiger partial charge in [0.1, 0.15) is 0 Å². The van der Waals surface area contributed by atoms with Crippen LogP contribution >= 0.6 is 31.9 Å². The molecule has 2 N–H and O–H groups in total. The highest BCUT2D eigenvalue weighted by Gasteiger charge is 2.50. The average Bonchev–Trinajstić information content (AvgIpc) is 3.11. The summed E-state index contributed by atoms with van der Waals surface area (Å²) >= 11 is 6.38. The Kier molecular flexibility index (Phi) is 4.06. The van der Waals surface area contributed by atoms with Gasteiger partial charge in [-0.05, 0) is 47.0 Å². The fourth-order valence-electron chi connectivity index (χ4n) is 1.61. The zero-order valence-corrected chi connectivity index (χ0v) is 13.7. The van der Waals surface area contributed by atoms with Crippen LogP contribution in [0.15, 0.2) is 32.0 Å². The first-order valence-electron chi connectivity index (χ1n) is 5.45. The van der Waals surface area contributed by atoms with E-state index in [2.05, 4.69) is 36.6 Å². The van der Waals surface area contributed by atoms with Crippen LogP contribution in [0.3, 0.4) is 0 Å². The van der Waals surface area contributed by atoms with Crippen molar-refractivity contribution in [3.8, 4) is 0 Å². The molecular weight excluding hydrogens is 402 g/mol. The molecule has 0 heterocycles. The molecule has 0 aliphatic heterocycles. The number of sulfonamides is 1. The monoisotopic (exact) mass is 411 g/mol. The highest BCUT2D eigenvalue weighted by Crippen LogP contribution is 2.45. The Morgan fingerprint density at radius 3 is 2.53 bits per heavy atom. The lowest BCUT2D eigenvalue weighted by molar-refractivity contribution is -0.143. The standard InChI is InChI=1S/C11H11Br2NO4S/c12-7-1-2-8(13)9(5-7)19(17,18)14-6-11(3-4-11)10(15)16/h1-2,5,14H,3-4,6H2,(H,15,16). The molecule has 1 saturated carbocycles. The molecule has 1 aliphatic rings. The minimum atomic E-state index is -3.73. The zero-order valence-electron chi connectivity index (χ0n) is 9.69. The molecule has 0 unspecified atom stereocenters. The highest BCUT2D eigenvalue weighted by atomic mass is 79.9. The third-order valence-electron chi connectivity index (χ3n) is 3.09. The molecule has 1 aromatic carbocycles. The third-order valence-corrected chi connectivity index (χ3v) is 5.98. The van der Waals surface area contributed by atoms with Crippen molar-refractivity contribution in [2.24, 2.45) is 5.41 Å². The normalized spacial score (nSPS) is 17.2. The molecule has 19 heavy (non-hydrogen) atoms. The van der Waals surface area contributed by atoms with Gasteiger partial charge in [-0.3, -0.25) is 4.79 Å². The molecule has 0 radical (unpaired) electrons. The molecule has 0 amide bonds. The number of hydrogen-bond donors (Lipinski definition) is 2. The number of carbonyl (C=O) groups is 1. The second kappa shape index (κ2) is 5.16. The number of aliphatic carboxylic acids is 1. The van der Waals surface area contributed by atoms with Crippen molar-refractivity contribution < 1.29 is 18.3 Å². The number of nitrogens with one attached hydrogen (secondary N) is 1. The molecule has 0 saturated heterocycles. The van der Waals surface area contributed by atoms with E-state index in [1.54, 1.807) is 12.1 Å². The Bertz CT molecular complexity index is 626. The SMILES string of the molecule is O=C(O)C1(CNS(=O)(=O)c2cc(Br)ccc2Br)CC1. The van der Waals surface area contributed by atoms with Gasteiger partial charge in [0.15, 0.2) is 0 Å². The van der Waals surface area contributed by atoms with Crippen LogP contribution in [0.5, 0.6) is 0 Å². The minimum Gasteiger partial charge on any atom is -0.481 e. The molecule has 8 heteroatoms. The molecule has 0 bridgehead atoms. The van der Waals surface area contributed by atoms with E-state index in [1.807, 2.05) is 0 Å². The van der Waals surface area contributed by atoms with Gasteiger partial charge in [0, 0.05) is 15.5 Å². The number of benzene rings is 1. The van der Waals surface area contributed by atoms with E-state index in [0.717, 1.165) is 0 Å². The Balaban J connectivity index is 2.19. The Hall–Kier alpha value is -0.440. The van der Waals surface area contributed by atoms with Crippen molar-refractivity contribution in [1.29, 1.82) is 0 Å². The molecule has 104 valence electrons. The van der Waals surface area contributed by atoms with Crippen molar-refractivity contribution in [2.45, 2.75) is 17.7 Å². The van der Waals surface area contributed by atoms with Gasteiger partial charge in [-0.1, -0.05) is 15.9 Å². The van der Waals surface area contributed by atoms with E-state index in [-0.39, 0.29) is 11.4 Å². The topological polar surface area (TPSA) is 83.5 Å². The molecule has 0 spiro atoms. The third kappa shape index (κ3) is 3.18. The van der Waals surface area contributed by atoms with Gasteiger partial charge in [-0.15, -0.1) is 0 Å². The Labute approximate surface area is 127 Å². The van der Waals surface area contributed by atoms with E-state index < -0.39 is 21.4 Å². The quantitative estimate of drug-likeness (QED) is 0.777. The van der Waals surface area contributed by atoms with E-state index in [4.69, 9.17) is 5.11 Å². The van der Waals surface area contributed by atoms with Crippen LogP contribution in [0.4, 0.5) is 0 Å². The summed E-state index contributed by atoms with van der Waals surface area (Å²) in [4.78, 5) is 11.1. The highest BCUT2D eigenvalue weighted by molar-refractivity contribution is 9.11. The Morgan fingerprint density at radius 1 is 1.37 bits per heavy atom. The van der Waals surface area contributed by atoms with Gasteiger partial charge < -0.3 is 5.11 Å². The lowest BCUT2D eigenvalue weighted by atomic mass is 10.1. The summed E-state index contributed by atoms with van der Waals surface area (Å²) in [5.74, 6) is -0.955. The van der Waals surface area contributed by atoms with E-state index >= 15 is 0 Å². The Morgan fingerprint density at radius 2 is 2.00 bits per heavy atom. The van der Waals surface area contributed by atoms with Gasteiger partial charge in [0.2, 0.25) is 10.0 Å². The summed E-state index contributed by atoms with van der Waals surface area (Å²) < 4.78 is 27.7. The first-order chi connectivity index (χ1) is 8.77. The van der Waals surface area contributed by atoms with Crippen LogP contribution < -0.4 is 4.72 Å². The summed E-state index contributed by atoms with van der Waals surface area (Å²) in [7, 11) is -3.73. The van der Waals surface area contributed by atoms with Crippen LogP contribution in [-0.4, -0.2) is 26.0 Å². The van der Waals surface area contributed by atoms with Crippen molar-refractivity contribution in [1.82, 2.24) is 4.72 Å². The second-order valence-corrected chi connectivity index (χ2v) is 7.99. The number of halogens is 2. The maximum atomic E-state index is 12.1. The molecule has 1 aliphatic carbocycles. The van der Waals surface area contributed by atoms with Crippen LogP contribution in [0.1, 0.15) is 12.8 Å². The summed E-state index contributed by atoms with van der Waals surface area (Å²) in [5.41, 5.74) is -0.925. The first-order valence-corrected chi connectivity index (χ1v) is 8.52. The fraction of sp³-hybridized carbons (Fsp3) is 0.364. The summed E-state index contributed by atoms with van der Waals surface area (Å²) in [6.45, 7) is -0.0797. The summed E-state index contributed by atoms with van der Waals surface area (Å²) in [5, 5.41) is 9.02. The van der Waals surface area contributed by atoms with Crippen molar-refractivity contribution in [3.63, 3.8) is 0 Å². The van der Waals surface area contributed by atoms with Crippen molar-refractivity contribution in [3.05, 3.63) is 27.1 Å². The van der Waals surface area contributed by atoms with Crippen LogP contribution in [0.25, 0.3) is 0 Å². The van der Waals surface area contributed by atoms with Gasteiger partial charge in [-0.2, -0.15) is 0 Å². The summed E-state index contributed by atoms with van der Waals surface area (Å²) in [6, 6.07) is 4.79. The van der Waals surface area contributed by atoms with Crippen molar-refractivity contribution in [2.75, 3.05) is 6.54 Å². The largest absolute Gasteiger partial charge is 0.481 e. The van der Waals surface area contributed by atoms with Crippen LogP contribution in [-0.2, 0) is 14.8 Å². The molecule has 1 aromatic rings. The van der Waals surface area contributed by atoms with Crippen LogP contribution in [0, 0.1) is 5.41 Å². The molecule has 0 aromatic heterocycles. The van der Waals surface area contributed by atoms with Gasteiger partial charge in [0.05, 0.1) is 10.3 Å². The predicted octanol–water partition coefficient (Wildman–Crippen LogP) is 2.35. The average molecular weight is 413 g/mol. The maximum Gasteiger partial charge on any atom is 0.310 e. The number of hydrogen-bond acceptors (Lipinski definition) is 3. The van der Waals surface area contributed by atoms with Gasteiger partial charge in [-0.25, -0.2) is 13.1 Å². The van der Waals surface area contributed by atoms with E-state index in [0.29, 0.717) is 21.8 Å². The molecule has 1 fully saturated rings. The minimum absolute atomic E-state index is 0.0797. The van der Waals surface area contributed by atoms with Gasteiger partial charge >= 0.3 is 5.97 Å². The van der Waals surface area contributed by atoms with Gasteiger partial charge in [0.25, 0.3) is 0 Å². The van der Waals surface area contributed by atoms with E-state index in [1.165, 1.54) is 6.07 Å². The molecular formula is C11H11Br2NO4S. The van der Waals surface area contributed by atoms with Crippen molar-refractivity contribution >= 4 is 47.9 Å². The lowest BCUT2D eigenvalue weighted by Crippen LogP contribution is -2.34. The maximum absolute atomic E-state index is 12.1. The molecule has 0 atom stereocenters. The second-order valence-electron chi connectivity index (χ2n) is 4.48. The zero-order chi connectivity index (χ0) is 14.3.